The van der Waals surface area contributed by atoms with Crippen molar-refractivity contribution >= 4 is 20.0 Å². The Morgan fingerprint density at radius 3 is 1.89 bits per heavy atom. The predicted octanol–water partition coefficient (Wildman–Crippen LogP) is 4.61. The van der Waals surface area contributed by atoms with Crippen molar-refractivity contribution in [2.45, 2.75) is 128 Å². The van der Waals surface area contributed by atoms with Crippen molar-refractivity contribution in [2.75, 3.05) is 19.7 Å². The maximum atomic E-state index is 13.8. The highest BCUT2D eigenvalue weighted by atomic mass is 32.2. The summed E-state index contributed by atoms with van der Waals surface area (Å²) in [6.45, 7) is 16.0. The average Bonchev–Trinajstić information content (AvgIpc) is 3.62. The van der Waals surface area contributed by atoms with E-state index in [4.69, 9.17) is 0 Å². The number of sulfonamides is 2. The van der Waals surface area contributed by atoms with Gasteiger partial charge in [-0.25, -0.2) is 21.1 Å². The first kappa shape index (κ1) is 31.0. The topological polar surface area (TPSA) is 95.0 Å². The summed E-state index contributed by atoms with van der Waals surface area (Å²) in [5.41, 5.74) is 0. The highest BCUT2D eigenvalue weighted by Gasteiger charge is 2.48. The van der Waals surface area contributed by atoms with Gasteiger partial charge in [-0.05, 0) is 104 Å². The largest absolute Gasteiger partial charge is 0.395 e. The fourth-order valence-electron chi connectivity index (χ4n) is 4.63. The molecule has 0 aliphatic heterocycles. The summed E-state index contributed by atoms with van der Waals surface area (Å²) < 4.78 is 55.3. The molecule has 1 N–H and O–H groups in total. The first-order valence-electron chi connectivity index (χ1n) is 13.6. The van der Waals surface area contributed by atoms with E-state index in [0.717, 1.165) is 32.1 Å². The molecule has 0 heterocycles. The molecule has 2 aliphatic carbocycles. The molecule has 2 atom stereocenters. The Labute approximate surface area is 216 Å². The first-order chi connectivity index (χ1) is 15.9. The molecule has 7 nitrogen and oxygen atoms in total. The smallest absolute Gasteiger partial charge is 0.219 e. The Bertz CT molecular complexity index is 885. The van der Waals surface area contributed by atoms with Crippen LogP contribution in [0.1, 0.15) is 107 Å². The van der Waals surface area contributed by atoms with Crippen LogP contribution < -0.4 is 0 Å². The maximum absolute atomic E-state index is 13.8. The molecule has 0 radical (unpaired) electrons. The number of hydrogen-bond donors (Lipinski definition) is 1. The van der Waals surface area contributed by atoms with Crippen molar-refractivity contribution in [2.24, 2.45) is 17.8 Å². The fourth-order valence-corrected chi connectivity index (χ4v) is 8.25. The van der Waals surface area contributed by atoms with Crippen molar-refractivity contribution < 1.29 is 21.9 Å². The maximum Gasteiger partial charge on any atom is 0.219 e. The lowest BCUT2D eigenvalue weighted by molar-refractivity contribution is 0.160. The van der Waals surface area contributed by atoms with Crippen LogP contribution in [0.25, 0.3) is 0 Å². The van der Waals surface area contributed by atoms with Gasteiger partial charge in [0, 0.05) is 25.2 Å². The Morgan fingerprint density at radius 1 is 0.886 bits per heavy atom. The van der Waals surface area contributed by atoms with Crippen LogP contribution in [0.5, 0.6) is 0 Å². The lowest BCUT2D eigenvalue weighted by atomic mass is 9.96. The van der Waals surface area contributed by atoms with Crippen LogP contribution in [0.2, 0.25) is 0 Å². The van der Waals surface area contributed by atoms with E-state index in [1.54, 1.807) is 43.2 Å². The van der Waals surface area contributed by atoms with Gasteiger partial charge in [-0.3, -0.25) is 0 Å². The van der Waals surface area contributed by atoms with Crippen LogP contribution >= 0.6 is 0 Å². The predicted molar refractivity (Wildman–Crippen MR) is 144 cm³/mol. The standard InChI is InChI=1S/C26H52N2O5S2/c1-20(2)17-24(19-29)28(23-11-12-23)35(32,33)26(7,8)15-13-21(3)14-16-27(18-22-9-10-22)34(30,31)25(4,5)6/h20-24,29H,9-19H2,1-8H3/t21?,24-/m1/s1. The summed E-state index contributed by atoms with van der Waals surface area (Å²) in [5.74, 6) is 0.986. The zero-order valence-electron chi connectivity index (χ0n) is 23.5. The molecule has 1 unspecified atom stereocenters. The second-order valence-corrected chi connectivity index (χ2v) is 18.3. The number of aliphatic hydroxyl groups is 1. The summed E-state index contributed by atoms with van der Waals surface area (Å²) in [7, 11) is -6.99. The zero-order valence-corrected chi connectivity index (χ0v) is 25.1. The van der Waals surface area contributed by atoms with Crippen molar-refractivity contribution in [1.82, 2.24) is 8.61 Å². The molecule has 0 spiro atoms. The fraction of sp³-hybridized carbons (Fsp3) is 1.00. The van der Waals surface area contributed by atoms with E-state index in [0.29, 0.717) is 44.2 Å². The molecule has 2 aliphatic rings. The molecule has 2 rings (SSSR count). The SMILES string of the molecule is CC(C)C[C@H](CO)N(C1CC1)S(=O)(=O)C(C)(C)CCC(C)CCN(CC1CC1)S(=O)(=O)C(C)(C)C. The van der Waals surface area contributed by atoms with Crippen LogP contribution in [-0.4, -0.2) is 71.8 Å². The Morgan fingerprint density at radius 2 is 1.46 bits per heavy atom. The molecule has 0 bridgehead atoms. The second-order valence-electron chi connectivity index (χ2n) is 13.1. The van der Waals surface area contributed by atoms with Crippen LogP contribution in [-0.2, 0) is 20.0 Å². The Hall–Kier alpha value is -0.220. The van der Waals surface area contributed by atoms with Gasteiger partial charge in [-0.15, -0.1) is 0 Å². The summed E-state index contributed by atoms with van der Waals surface area (Å²) in [6.07, 6.45) is 6.51. The minimum absolute atomic E-state index is 0.00573. The normalized spacial score (nSPS) is 20.1. The van der Waals surface area contributed by atoms with Gasteiger partial charge in [0.25, 0.3) is 0 Å². The third-order valence-electron chi connectivity index (χ3n) is 7.58. The number of rotatable bonds is 16. The van der Waals surface area contributed by atoms with E-state index in [9.17, 15) is 21.9 Å². The monoisotopic (exact) mass is 536 g/mol. The van der Waals surface area contributed by atoms with Gasteiger partial charge in [0.05, 0.1) is 16.1 Å². The van der Waals surface area contributed by atoms with Crippen molar-refractivity contribution in [1.29, 1.82) is 0 Å². The quantitative estimate of drug-likeness (QED) is 0.311. The van der Waals surface area contributed by atoms with Crippen molar-refractivity contribution in [3.05, 3.63) is 0 Å². The first-order valence-corrected chi connectivity index (χ1v) is 16.5. The molecule has 208 valence electrons. The summed E-state index contributed by atoms with van der Waals surface area (Å²) in [6, 6.07) is -0.367. The molecule has 0 aromatic heterocycles. The molecule has 2 fully saturated rings. The molecule has 0 aromatic rings. The molecule has 9 heteroatoms. The van der Waals surface area contributed by atoms with E-state index in [1.165, 1.54) is 0 Å². The highest BCUT2D eigenvalue weighted by molar-refractivity contribution is 7.90. The highest BCUT2D eigenvalue weighted by Crippen LogP contribution is 2.39. The Kier molecular flexibility index (Phi) is 10.3. The van der Waals surface area contributed by atoms with Crippen LogP contribution in [0.3, 0.4) is 0 Å². The van der Waals surface area contributed by atoms with Gasteiger partial charge in [0.1, 0.15) is 0 Å². The van der Waals surface area contributed by atoms with Gasteiger partial charge < -0.3 is 5.11 Å². The molecule has 0 saturated heterocycles. The van der Waals surface area contributed by atoms with E-state index < -0.39 is 29.5 Å². The molecule has 2 saturated carbocycles. The molecule has 0 aromatic carbocycles. The van der Waals surface area contributed by atoms with E-state index in [-0.39, 0.29) is 24.6 Å². The zero-order chi connectivity index (χ0) is 26.8. The summed E-state index contributed by atoms with van der Waals surface area (Å²) >= 11 is 0. The van der Waals surface area contributed by atoms with Gasteiger partial charge in [0.15, 0.2) is 0 Å². The lowest BCUT2D eigenvalue weighted by Gasteiger charge is -2.38. The third kappa shape index (κ3) is 8.13. The van der Waals surface area contributed by atoms with Gasteiger partial charge in [-0.1, -0.05) is 20.8 Å². The minimum atomic E-state index is -3.60. The summed E-state index contributed by atoms with van der Waals surface area (Å²) in [5, 5.41) is 10.0. The third-order valence-corrected chi connectivity index (χ3v) is 12.9. The van der Waals surface area contributed by atoms with Crippen LogP contribution in [0.15, 0.2) is 0 Å². The van der Waals surface area contributed by atoms with E-state index in [1.807, 2.05) is 0 Å². The average molecular weight is 537 g/mol. The number of hydrogen-bond acceptors (Lipinski definition) is 5. The van der Waals surface area contributed by atoms with Crippen LogP contribution in [0, 0.1) is 17.8 Å². The van der Waals surface area contributed by atoms with Gasteiger partial charge in [0.2, 0.25) is 20.0 Å². The Balaban J connectivity index is 2.03. The van der Waals surface area contributed by atoms with Crippen LogP contribution in [0.4, 0.5) is 0 Å². The van der Waals surface area contributed by atoms with Crippen molar-refractivity contribution in [3.63, 3.8) is 0 Å². The minimum Gasteiger partial charge on any atom is -0.395 e. The summed E-state index contributed by atoms with van der Waals surface area (Å²) in [4.78, 5) is 0. The van der Waals surface area contributed by atoms with Gasteiger partial charge >= 0.3 is 0 Å². The molecular weight excluding hydrogens is 484 g/mol. The number of aliphatic hydroxyl groups excluding tert-OH is 1. The van der Waals surface area contributed by atoms with E-state index >= 15 is 0 Å². The van der Waals surface area contributed by atoms with Gasteiger partial charge in [-0.2, -0.15) is 4.31 Å². The molecule has 0 amide bonds. The second kappa shape index (κ2) is 11.7. The van der Waals surface area contributed by atoms with Crippen molar-refractivity contribution in [3.8, 4) is 0 Å². The molecule has 35 heavy (non-hydrogen) atoms. The van der Waals surface area contributed by atoms with E-state index in [2.05, 4.69) is 20.8 Å². The molecular formula is C26H52N2O5S2. The lowest BCUT2D eigenvalue weighted by Crippen LogP contribution is -2.52. The number of nitrogens with zero attached hydrogens (tertiary/aromatic N) is 2.